The van der Waals surface area contributed by atoms with E-state index < -0.39 is 23.3 Å². The normalized spacial score (nSPS) is 30.2. The van der Waals surface area contributed by atoms with E-state index in [-0.39, 0.29) is 76.3 Å². The number of alkyl halides is 1. The number of nitrogens with one attached hydrogen (secondary N) is 1. The number of rotatable bonds is 4. The van der Waals surface area contributed by atoms with Crippen molar-refractivity contribution < 1.29 is 37.2 Å². The zero-order chi connectivity index (χ0) is 33.5. The summed E-state index contributed by atoms with van der Waals surface area (Å²) in [4.78, 5) is 13.8. The van der Waals surface area contributed by atoms with E-state index in [0.717, 1.165) is 31.4 Å². The molecule has 10 nitrogen and oxygen atoms in total. The van der Waals surface area contributed by atoms with Crippen molar-refractivity contribution in [2.45, 2.75) is 61.9 Å². The molecule has 0 amide bonds. The Kier molecular flexibility index (Phi) is 6.08. The number of halogens is 3. The number of anilines is 1. The first-order valence-electron chi connectivity index (χ1n) is 17.7. The second kappa shape index (κ2) is 10.3. The van der Waals surface area contributed by atoms with Crippen LogP contribution in [0.25, 0.3) is 32.8 Å². The number of fused-ring (bicyclic) bond motifs is 9. The van der Waals surface area contributed by atoms with Crippen LogP contribution in [0.3, 0.4) is 0 Å². The zero-order valence-corrected chi connectivity index (χ0v) is 27.3. The van der Waals surface area contributed by atoms with Crippen LogP contribution in [0.15, 0.2) is 24.3 Å². The third-order valence-electron chi connectivity index (χ3n) is 12.4. The number of hydrogen-bond donors (Lipinski definition) is 2. The van der Waals surface area contributed by atoms with Crippen molar-refractivity contribution in [3.05, 3.63) is 41.5 Å². The highest BCUT2D eigenvalue weighted by atomic mass is 19.1. The molecule has 7 aliphatic heterocycles. The van der Waals surface area contributed by atoms with Crippen molar-refractivity contribution in [2.24, 2.45) is 5.41 Å². The standard InChI is InChI=1S/C37H36F3N5O5/c38-19-9-37(13-36(15-47-16-36)14-44(37)10-19)17-50-35-42-32-29-33(49-12-25-24-3-2-20(41-24)11-45(25)34(29)43-35)31(40)28(30(32)39)23-8-21(46)7-18-1-4-26-22(27(18)23)5-6-48-26/h1,4,7-8,19-20,24-25,41,46H,2-3,5-6,9-17H2/t19-,20?,24?,25?,37-/m0/s1. The van der Waals surface area contributed by atoms with Crippen LogP contribution in [0.1, 0.15) is 31.2 Å². The summed E-state index contributed by atoms with van der Waals surface area (Å²) in [6, 6.07) is 6.66. The first-order chi connectivity index (χ1) is 24.3. The molecule has 0 aliphatic carbocycles. The lowest BCUT2D eigenvalue weighted by Gasteiger charge is -2.40. The van der Waals surface area contributed by atoms with Gasteiger partial charge in [-0.1, -0.05) is 6.07 Å². The average molecular weight is 688 g/mol. The van der Waals surface area contributed by atoms with Crippen LogP contribution in [0.2, 0.25) is 0 Å². The second-order valence-corrected chi connectivity index (χ2v) is 15.6. The van der Waals surface area contributed by atoms with E-state index in [2.05, 4.69) is 20.1 Å². The average Bonchev–Trinajstić information content (AvgIpc) is 3.83. The van der Waals surface area contributed by atoms with Crippen molar-refractivity contribution in [1.82, 2.24) is 20.2 Å². The van der Waals surface area contributed by atoms with E-state index in [1.807, 2.05) is 6.07 Å². The number of aromatic nitrogens is 2. The van der Waals surface area contributed by atoms with Crippen LogP contribution < -0.4 is 24.4 Å². The highest BCUT2D eigenvalue weighted by molar-refractivity contribution is 6.06. The molecule has 1 spiro atoms. The van der Waals surface area contributed by atoms with Gasteiger partial charge in [-0.3, -0.25) is 4.90 Å². The van der Waals surface area contributed by atoms with Crippen LogP contribution in [0.4, 0.5) is 19.0 Å². The number of ether oxygens (including phenoxy) is 4. The number of hydrogen-bond acceptors (Lipinski definition) is 10. The van der Waals surface area contributed by atoms with Crippen LogP contribution in [-0.2, 0) is 11.2 Å². The van der Waals surface area contributed by atoms with Crippen molar-refractivity contribution in [3.8, 4) is 34.4 Å². The molecular weight excluding hydrogens is 651 g/mol. The second-order valence-electron chi connectivity index (χ2n) is 15.6. The lowest BCUT2D eigenvalue weighted by atomic mass is 9.78. The Bertz CT molecular complexity index is 2130. The Morgan fingerprint density at radius 2 is 1.96 bits per heavy atom. The van der Waals surface area contributed by atoms with Gasteiger partial charge in [0.1, 0.15) is 42.2 Å². The molecule has 3 aromatic carbocycles. The van der Waals surface area contributed by atoms with Gasteiger partial charge in [-0.05, 0) is 53.8 Å². The molecule has 3 unspecified atom stereocenters. The predicted octanol–water partition coefficient (Wildman–Crippen LogP) is 4.65. The van der Waals surface area contributed by atoms with Gasteiger partial charge >= 0.3 is 6.01 Å². The fraction of sp³-hybridized carbons (Fsp3) is 0.514. The smallest absolute Gasteiger partial charge is 0.319 e. The molecule has 4 aromatic rings. The largest absolute Gasteiger partial charge is 0.508 e. The van der Waals surface area contributed by atoms with E-state index >= 15 is 8.78 Å². The Hall–Kier alpha value is -4.07. The number of aromatic hydroxyl groups is 1. The first kappa shape index (κ1) is 29.6. The molecule has 13 heteroatoms. The van der Waals surface area contributed by atoms with Crippen molar-refractivity contribution in [3.63, 3.8) is 0 Å². The summed E-state index contributed by atoms with van der Waals surface area (Å²) in [7, 11) is 0. The summed E-state index contributed by atoms with van der Waals surface area (Å²) in [5.74, 6) is -0.982. The van der Waals surface area contributed by atoms with Gasteiger partial charge < -0.3 is 34.3 Å². The van der Waals surface area contributed by atoms with Gasteiger partial charge in [0, 0.05) is 55.5 Å². The van der Waals surface area contributed by atoms with Gasteiger partial charge in [0.15, 0.2) is 17.4 Å². The van der Waals surface area contributed by atoms with Crippen LogP contribution in [0, 0.1) is 17.0 Å². The Balaban J connectivity index is 1.10. The lowest BCUT2D eigenvalue weighted by molar-refractivity contribution is -0.108. The Morgan fingerprint density at radius 3 is 2.82 bits per heavy atom. The molecule has 8 heterocycles. The third kappa shape index (κ3) is 4.08. The highest BCUT2D eigenvalue weighted by Crippen LogP contribution is 2.53. The van der Waals surface area contributed by atoms with E-state index in [1.165, 1.54) is 6.07 Å². The minimum atomic E-state index is -0.970. The van der Waals surface area contributed by atoms with E-state index in [1.54, 1.807) is 12.1 Å². The first-order valence-corrected chi connectivity index (χ1v) is 17.7. The summed E-state index contributed by atoms with van der Waals surface area (Å²) < 4.78 is 73.5. The quantitative estimate of drug-likeness (QED) is 0.316. The Labute approximate surface area is 285 Å². The minimum Gasteiger partial charge on any atom is -0.508 e. The molecule has 2 bridgehead atoms. The number of phenols is 1. The molecule has 50 heavy (non-hydrogen) atoms. The molecule has 5 atom stereocenters. The lowest BCUT2D eigenvalue weighted by Crippen LogP contribution is -2.60. The summed E-state index contributed by atoms with van der Waals surface area (Å²) in [6.45, 7) is 3.72. The monoisotopic (exact) mass is 687 g/mol. The van der Waals surface area contributed by atoms with Gasteiger partial charge in [-0.15, -0.1) is 0 Å². The molecule has 260 valence electrons. The summed E-state index contributed by atoms with van der Waals surface area (Å²) >= 11 is 0. The summed E-state index contributed by atoms with van der Waals surface area (Å²) in [5.41, 5.74) is 0.00141. The molecule has 11 rings (SSSR count). The van der Waals surface area contributed by atoms with Gasteiger partial charge in [-0.25, -0.2) is 13.2 Å². The molecule has 1 aromatic heterocycles. The van der Waals surface area contributed by atoms with Gasteiger partial charge in [-0.2, -0.15) is 9.97 Å². The maximum absolute atomic E-state index is 17.4. The maximum atomic E-state index is 17.4. The molecule has 5 fully saturated rings. The number of phenolic OH excluding ortho intramolecular Hbond substituents is 1. The third-order valence-corrected chi connectivity index (χ3v) is 12.4. The van der Waals surface area contributed by atoms with Crippen LogP contribution in [-0.4, -0.2) is 102 Å². The molecule has 2 N–H and O–H groups in total. The minimum absolute atomic E-state index is 0.00896. The van der Waals surface area contributed by atoms with Crippen molar-refractivity contribution in [1.29, 1.82) is 0 Å². The van der Waals surface area contributed by atoms with Crippen LogP contribution in [0.5, 0.6) is 23.3 Å². The number of benzene rings is 3. The molecule has 0 saturated carbocycles. The van der Waals surface area contributed by atoms with Crippen molar-refractivity contribution >= 4 is 27.5 Å². The molecule has 5 saturated heterocycles. The maximum Gasteiger partial charge on any atom is 0.319 e. The van der Waals surface area contributed by atoms with E-state index in [9.17, 15) is 9.50 Å². The van der Waals surface area contributed by atoms with Gasteiger partial charge in [0.05, 0.1) is 42.4 Å². The van der Waals surface area contributed by atoms with E-state index in [0.29, 0.717) is 68.1 Å². The fourth-order valence-corrected chi connectivity index (χ4v) is 10.3. The van der Waals surface area contributed by atoms with Gasteiger partial charge in [0.2, 0.25) is 0 Å². The molecular formula is C37H36F3N5O5. The predicted molar refractivity (Wildman–Crippen MR) is 177 cm³/mol. The number of nitrogens with zero attached hydrogens (tertiary/aromatic N) is 4. The van der Waals surface area contributed by atoms with E-state index in [4.69, 9.17) is 23.9 Å². The summed E-state index contributed by atoms with van der Waals surface area (Å²) in [6.07, 6.45) is 2.58. The SMILES string of the molecule is Oc1cc(-c2c(F)c3c4c(nc(OC[C@@]56C[C@H](F)CN5CC5(COC5)C6)nc4c2F)N2CC4CCC(N4)C2CO3)c2c3c(ccc2c1)OCC3. The van der Waals surface area contributed by atoms with Crippen LogP contribution >= 0.6 is 0 Å². The highest BCUT2D eigenvalue weighted by Gasteiger charge is 2.61. The summed E-state index contributed by atoms with van der Waals surface area (Å²) in [5, 5.41) is 15.9. The zero-order valence-electron chi connectivity index (χ0n) is 27.3. The molecule has 0 radical (unpaired) electrons. The van der Waals surface area contributed by atoms with Crippen molar-refractivity contribution in [2.75, 3.05) is 57.6 Å². The fourth-order valence-electron chi connectivity index (χ4n) is 10.3. The Morgan fingerprint density at radius 1 is 1.06 bits per heavy atom. The number of piperazine rings is 1. The molecule has 7 aliphatic rings. The topological polar surface area (TPSA) is 101 Å². The van der Waals surface area contributed by atoms with Gasteiger partial charge in [0.25, 0.3) is 0 Å².